The Morgan fingerprint density at radius 3 is 2.83 bits per heavy atom. The Bertz CT molecular complexity index is 462. The molecule has 0 saturated heterocycles. The van der Waals surface area contributed by atoms with Gasteiger partial charge in [0.1, 0.15) is 11.9 Å². The zero-order valence-corrected chi connectivity index (χ0v) is 10.8. The van der Waals surface area contributed by atoms with Crippen LogP contribution in [0.1, 0.15) is 30.9 Å². The second-order valence-corrected chi connectivity index (χ2v) is 4.66. The van der Waals surface area contributed by atoms with Crippen molar-refractivity contribution in [3.63, 3.8) is 0 Å². The molecule has 0 aliphatic rings. The van der Waals surface area contributed by atoms with Gasteiger partial charge in [-0.2, -0.15) is 0 Å². The Kier molecular flexibility index (Phi) is 4.23. The standard InChI is InChI=1S/C14H20N2O2/c1-11(9-13(17)14-6-4-8-18-14)15-10-12-5-3-7-16(12)2/h3-8,11,13,15,17H,9-10H2,1-2H3. The van der Waals surface area contributed by atoms with Crippen LogP contribution in [0.4, 0.5) is 0 Å². The van der Waals surface area contributed by atoms with Crippen LogP contribution in [-0.2, 0) is 13.6 Å². The molecule has 0 saturated carbocycles. The highest BCUT2D eigenvalue weighted by atomic mass is 16.4. The molecule has 2 rings (SSSR count). The number of nitrogens with one attached hydrogen (secondary N) is 1. The third-order valence-corrected chi connectivity index (χ3v) is 3.13. The van der Waals surface area contributed by atoms with Crippen LogP contribution in [-0.4, -0.2) is 15.7 Å². The molecule has 18 heavy (non-hydrogen) atoms. The summed E-state index contributed by atoms with van der Waals surface area (Å²) in [6.07, 6.45) is 3.70. The lowest BCUT2D eigenvalue weighted by Gasteiger charge is -2.17. The predicted molar refractivity (Wildman–Crippen MR) is 70.0 cm³/mol. The monoisotopic (exact) mass is 248 g/mol. The van der Waals surface area contributed by atoms with E-state index in [4.69, 9.17) is 4.42 Å². The number of aliphatic hydroxyl groups is 1. The summed E-state index contributed by atoms with van der Waals surface area (Å²) in [5, 5.41) is 13.3. The molecule has 2 aromatic heterocycles. The van der Waals surface area contributed by atoms with Crippen LogP contribution in [0, 0.1) is 0 Å². The molecular weight excluding hydrogens is 228 g/mol. The first-order chi connectivity index (χ1) is 8.66. The Morgan fingerprint density at radius 2 is 2.22 bits per heavy atom. The fourth-order valence-electron chi connectivity index (χ4n) is 1.97. The molecule has 0 aromatic carbocycles. The van der Waals surface area contributed by atoms with Crippen LogP contribution >= 0.6 is 0 Å². The van der Waals surface area contributed by atoms with Crippen molar-refractivity contribution in [1.29, 1.82) is 0 Å². The highest BCUT2D eigenvalue weighted by Crippen LogP contribution is 2.18. The van der Waals surface area contributed by atoms with Gasteiger partial charge in [0, 0.05) is 31.5 Å². The Labute approximate surface area is 107 Å². The summed E-state index contributed by atoms with van der Waals surface area (Å²) < 4.78 is 7.27. The number of aliphatic hydroxyl groups excluding tert-OH is 1. The number of aryl methyl sites for hydroxylation is 1. The zero-order chi connectivity index (χ0) is 13.0. The van der Waals surface area contributed by atoms with E-state index in [1.54, 1.807) is 18.4 Å². The second kappa shape index (κ2) is 5.89. The molecule has 98 valence electrons. The molecule has 2 N–H and O–H groups in total. The quantitative estimate of drug-likeness (QED) is 0.824. The fraction of sp³-hybridized carbons (Fsp3) is 0.429. The molecule has 0 aliphatic heterocycles. The van der Waals surface area contributed by atoms with Crippen LogP contribution in [0.5, 0.6) is 0 Å². The Morgan fingerprint density at radius 1 is 1.39 bits per heavy atom. The normalized spacial score (nSPS) is 14.6. The molecule has 0 fully saturated rings. The lowest BCUT2D eigenvalue weighted by Crippen LogP contribution is -2.28. The minimum Gasteiger partial charge on any atom is -0.467 e. The topological polar surface area (TPSA) is 50.3 Å². The first kappa shape index (κ1) is 12.9. The van der Waals surface area contributed by atoms with Crippen molar-refractivity contribution in [3.05, 3.63) is 48.2 Å². The first-order valence-corrected chi connectivity index (χ1v) is 6.22. The smallest absolute Gasteiger partial charge is 0.132 e. The number of aromatic nitrogens is 1. The molecule has 0 spiro atoms. The largest absolute Gasteiger partial charge is 0.467 e. The van der Waals surface area contributed by atoms with Crippen molar-refractivity contribution in [3.8, 4) is 0 Å². The van der Waals surface area contributed by atoms with E-state index in [0.717, 1.165) is 6.54 Å². The van der Waals surface area contributed by atoms with E-state index >= 15 is 0 Å². The third-order valence-electron chi connectivity index (χ3n) is 3.13. The summed E-state index contributed by atoms with van der Waals surface area (Å²) in [5.74, 6) is 0.627. The number of hydrogen-bond donors (Lipinski definition) is 2. The van der Waals surface area contributed by atoms with Crippen molar-refractivity contribution in [1.82, 2.24) is 9.88 Å². The van der Waals surface area contributed by atoms with Gasteiger partial charge in [-0.1, -0.05) is 0 Å². The maximum atomic E-state index is 9.95. The van der Waals surface area contributed by atoms with Gasteiger partial charge < -0.3 is 19.4 Å². The molecule has 2 heterocycles. The van der Waals surface area contributed by atoms with Crippen LogP contribution in [0.2, 0.25) is 0 Å². The predicted octanol–water partition coefficient (Wildman–Crippen LogP) is 2.22. The van der Waals surface area contributed by atoms with E-state index in [0.29, 0.717) is 12.2 Å². The molecule has 4 heteroatoms. The van der Waals surface area contributed by atoms with E-state index in [-0.39, 0.29) is 6.04 Å². The van der Waals surface area contributed by atoms with Crippen LogP contribution in [0.3, 0.4) is 0 Å². The van der Waals surface area contributed by atoms with Gasteiger partial charge in [-0.05, 0) is 37.6 Å². The lowest BCUT2D eigenvalue weighted by molar-refractivity contribution is 0.128. The third kappa shape index (κ3) is 3.24. The van der Waals surface area contributed by atoms with E-state index in [1.165, 1.54) is 5.69 Å². The Hall–Kier alpha value is -1.52. The Balaban J connectivity index is 1.79. The van der Waals surface area contributed by atoms with Gasteiger partial charge in [0.2, 0.25) is 0 Å². The molecule has 0 amide bonds. The van der Waals surface area contributed by atoms with Gasteiger partial charge >= 0.3 is 0 Å². The number of rotatable bonds is 6. The molecule has 2 aromatic rings. The minimum atomic E-state index is -0.545. The van der Waals surface area contributed by atoms with Crippen molar-refractivity contribution in [2.75, 3.05) is 0 Å². The van der Waals surface area contributed by atoms with Crippen molar-refractivity contribution in [2.45, 2.75) is 32.0 Å². The average Bonchev–Trinajstić information content (AvgIpc) is 2.97. The fourth-order valence-corrected chi connectivity index (χ4v) is 1.97. The number of nitrogens with zero attached hydrogens (tertiary/aromatic N) is 1. The van der Waals surface area contributed by atoms with Crippen molar-refractivity contribution < 1.29 is 9.52 Å². The van der Waals surface area contributed by atoms with Gasteiger partial charge in [-0.25, -0.2) is 0 Å². The van der Waals surface area contributed by atoms with E-state index in [9.17, 15) is 5.11 Å². The maximum absolute atomic E-state index is 9.95. The average molecular weight is 248 g/mol. The second-order valence-electron chi connectivity index (χ2n) is 4.66. The summed E-state index contributed by atoms with van der Waals surface area (Å²) in [4.78, 5) is 0. The maximum Gasteiger partial charge on any atom is 0.132 e. The van der Waals surface area contributed by atoms with Gasteiger partial charge in [-0.3, -0.25) is 0 Å². The van der Waals surface area contributed by atoms with Gasteiger partial charge in [0.05, 0.1) is 6.26 Å². The highest BCUT2D eigenvalue weighted by molar-refractivity contribution is 5.06. The number of hydrogen-bond acceptors (Lipinski definition) is 3. The summed E-state index contributed by atoms with van der Waals surface area (Å²) in [5.41, 5.74) is 1.23. The molecule has 0 aliphatic carbocycles. The van der Waals surface area contributed by atoms with Crippen LogP contribution < -0.4 is 5.32 Å². The van der Waals surface area contributed by atoms with Gasteiger partial charge in [-0.15, -0.1) is 0 Å². The molecular formula is C14H20N2O2. The number of furan rings is 1. The zero-order valence-electron chi connectivity index (χ0n) is 10.8. The highest BCUT2D eigenvalue weighted by Gasteiger charge is 2.14. The molecule has 0 bridgehead atoms. The van der Waals surface area contributed by atoms with Gasteiger partial charge in [0.25, 0.3) is 0 Å². The SMILES string of the molecule is CC(CC(O)c1ccco1)NCc1cccn1C. The van der Waals surface area contributed by atoms with Crippen molar-refractivity contribution >= 4 is 0 Å². The van der Waals surface area contributed by atoms with Crippen molar-refractivity contribution in [2.24, 2.45) is 7.05 Å². The van der Waals surface area contributed by atoms with Crippen LogP contribution in [0.15, 0.2) is 41.1 Å². The molecule has 0 radical (unpaired) electrons. The first-order valence-electron chi connectivity index (χ1n) is 6.22. The van der Waals surface area contributed by atoms with Gasteiger partial charge in [0.15, 0.2) is 0 Å². The molecule has 4 nitrogen and oxygen atoms in total. The van der Waals surface area contributed by atoms with E-state index < -0.39 is 6.10 Å². The van der Waals surface area contributed by atoms with Crippen LogP contribution in [0.25, 0.3) is 0 Å². The van der Waals surface area contributed by atoms with E-state index in [2.05, 4.69) is 22.9 Å². The minimum absolute atomic E-state index is 0.222. The summed E-state index contributed by atoms with van der Waals surface area (Å²) in [6.45, 7) is 2.87. The molecule has 2 atom stereocenters. The summed E-state index contributed by atoms with van der Waals surface area (Å²) >= 11 is 0. The van der Waals surface area contributed by atoms with E-state index in [1.807, 2.05) is 19.3 Å². The summed E-state index contributed by atoms with van der Waals surface area (Å²) in [7, 11) is 2.03. The summed E-state index contributed by atoms with van der Waals surface area (Å²) in [6, 6.07) is 7.93. The molecule has 2 unspecified atom stereocenters. The lowest BCUT2D eigenvalue weighted by atomic mass is 10.1.